The number of hydrogen-bond acceptors (Lipinski definition) is 6. The van der Waals surface area contributed by atoms with Gasteiger partial charge in [-0.05, 0) is 31.5 Å². The molecule has 3 N–H and O–H groups in total. The van der Waals surface area contributed by atoms with Crippen LogP contribution in [0, 0.1) is 0 Å². The van der Waals surface area contributed by atoms with E-state index in [0.717, 1.165) is 19.5 Å². The van der Waals surface area contributed by atoms with Crippen molar-refractivity contribution in [2.75, 3.05) is 26.8 Å². The number of benzene rings is 1. The van der Waals surface area contributed by atoms with E-state index in [1.54, 1.807) is 0 Å². The first-order chi connectivity index (χ1) is 11.8. The van der Waals surface area contributed by atoms with Crippen molar-refractivity contribution >= 4 is 15.9 Å². The smallest absolute Gasteiger partial charge is 0.255 e. The predicted octanol–water partition coefficient (Wildman–Crippen LogP) is -0.0660. The van der Waals surface area contributed by atoms with Crippen LogP contribution in [-0.4, -0.2) is 64.2 Å². The topological polar surface area (TPSA) is 111 Å². The number of carbonyl (C=O) groups excluding carboxylic acids is 1. The van der Waals surface area contributed by atoms with Gasteiger partial charge in [-0.25, -0.2) is 13.6 Å². The molecule has 138 valence electrons. The molecule has 8 nitrogen and oxygen atoms in total. The Balaban J connectivity index is 1.75. The van der Waals surface area contributed by atoms with E-state index < -0.39 is 10.0 Å². The van der Waals surface area contributed by atoms with E-state index >= 15 is 0 Å². The fourth-order valence-corrected chi connectivity index (χ4v) is 3.99. The number of fused-ring (bicyclic) bond motifs is 1. The number of methoxy groups -OCH3 is 1. The molecule has 0 unspecified atom stereocenters. The van der Waals surface area contributed by atoms with Gasteiger partial charge in [-0.15, -0.1) is 0 Å². The van der Waals surface area contributed by atoms with Crippen molar-refractivity contribution in [1.82, 2.24) is 10.2 Å². The van der Waals surface area contributed by atoms with Crippen molar-refractivity contribution in [1.29, 1.82) is 0 Å². The molecule has 2 heterocycles. The zero-order valence-electron chi connectivity index (χ0n) is 14.3. The Morgan fingerprint density at radius 1 is 1.40 bits per heavy atom. The Hall–Kier alpha value is -1.68. The Morgan fingerprint density at radius 3 is 2.84 bits per heavy atom. The lowest BCUT2D eigenvalue weighted by molar-refractivity contribution is -0.0390. The minimum Gasteiger partial charge on any atom is -0.496 e. The largest absolute Gasteiger partial charge is 0.496 e. The maximum atomic E-state index is 12.7. The van der Waals surface area contributed by atoms with Gasteiger partial charge < -0.3 is 14.8 Å². The third-order valence-electron chi connectivity index (χ3n) is 4.67. The van der Waals surface area contributed by atoms with Gasteiger partial charge in [-0.3, -0.25) is 9.69 Å². The van der Waals surface area contributed by atoms with Gasteiger partial charge in [0.05, 0.1) is 30.3 Å². The fraction of sp³-hybridized carbons (Fsp3) is 0.562. The monoisotopic (exact) mass is 369 g/mol. The number of hydrogen-bond donors (Lipinski definition) is 2. The number of morpholine rings is 1. The number of amides is 1. The molecule has 9 heteroatoms. The summed E-state index contributed by atoms with van der Waals surface area (Å²) in [4.78, 5) is 14.8. The first-order valence-electron chi connectivity index (χ1n) is 8.15. The second kappa shape index (κ2) is 6.91. The highest BCUT2D eigenvalue weighted by Gasteiger charge is 2.37. The highest BCUT2D eigenvalue weighted by atomic mass is 32.2. The van der Waals surface area contributed by atoms with Gasteiger partial charge in [0, 0.05) is 25.2 Å². The number of primary sulfonamides is 1. The van der Waals surface area contributed by atoms with Crippen LogP contribution in [0.1, 0.15) is 23.7 Å². The van der Waals surface area contributed by atoms with Crippen LogP contribution >= 0.6 is 0 Å². The molecule has 0 radical (unpaired) electrons. The summed E-state index contributed by atoms with van der Waals surface area (Å²) < 4.78 is 33.9. The normalized spacial score (nSPS) is 26.9. The lowest BCUT2D eigenvalue weighted by Crippen LogP contribution is -2.45. The molecule has 25 heavy (non-hydrogen) atoms. The van der Waals surface area contributed by atoms with Crippen molar-refractivity contribution in [3.8, 4) is 5.75 Å². The number of nitrogens with two attached hydrogens (primary N) is 1. The Labute approximate surface area is 147 Å². The van der Waals surface area contributed by atoms with Crippen LogP contribution in [0.5, 0.6) is 5.75 Å². The predicted molar refractivity (Wildman–Crippen MR) is 91.0 cm³/mol. The molecule has 2 aliphatic heterocycles. The molecule has 1 amide bonds. The second-order valence-electron chi connectivity index (χ2n) is 6.56. The summed E-state index contributed by atoms with van der Waals surface area (Å²) in [6, 6.07) is 4.28. The molecule has 0 spiro atoms. The van der Waals surface area contributed by atoms with Crippen LogP contribution in [0.4, 0.5) is 0 Å². The minimum absolute atomic E-state index is 0.0192. The molecule has 0 saturated carbocycles. The molecule has 0 aliphatic carbocycles. The molecule has 0 bridgehead atoms. The zero-order valence-corrected chi connectivity index (χ0v) is 15.1. The molecule has 3 atom stereocenters. The maximum Gasteiger partial charge on any atom is 0.255 e. The molecule has 2 saturated heterocycles. The van der Waals surface area contributed by atoms with Gasteiger partial charge in [0.25, 0.3) is 5.91 Å². The molecular formula is C16H23N3O5S. The van der Waals surface area contributed by atoms with Crippen LogP contribution in [0.15, 0.2) is 23.1 Å². The second-order valence-corrected chi connectivity index (χ2v) is 8.13. The highest BCUT2D eigenvalue weighted by Crippen LogP contribution is 2.25. The van der Waals surface area contributed by atoms with E-state index in [1.165, 1.54) is 25.3 Å². The minimum atomic E-state index is -3.89. The van der Waals surface area contributed by atoms with E-state index in [2.05, 4.69) is 10.2 Å². The first-order valence-corrected chi connectivity index (χ1v) is 9.70. The van der Waals surface area contributed by atoms with E-state index in [0.29, 0.717) is 18.4 Å². The maximum absolute atomic E-state index is 12.7. The standard InChI is InChI=1S/C16H23N3O5S/c1-10-7-19-8-11(5-12(19)9-24-10)18-16(20)14-6-13(25(17,21)22)3-4-15(14)23-2/h3-4,6,10-12H,5,7-9H2,1-2H3,(H,18,20)(H2,17,21,22)/t10-,11+,12+/m1/s1. The van der Waals surface area contributed by atoms with E-state index in [-0.39, 0.29) is 28.5 Å². The Kier molecular flexibility index (Phi) is 5.01. The van der Waals surface area contributed by atoms with Gasteiger partial charge in [0.1, 0.15) is 5.75 Å². The van der Waals surface area contributed by atoms with Crippen molar-refractivity contribution in [2.24, 2.45) is 5.14 Å². The van der Waals surface area contributed by atoms with Gasteiger partial charge in [-0.2, -0.15) is 0 Å². The number of ether oxygens (including phenoxy) is 2. The summed E-state index contributed by atoms with van der Waals surface area (Å²) in [7, 11) is -2.47. The lowest BCUT2D eigenvalue weighted by Gasteiger charge is -2.33. The van der Waals surface area contributed by atoms with Crippen LogP contribution in [0.25, 0.3) is 0 Å². The number of carbonyl (C=O) groups is 1. The van der Waals surface area contributed by atoms with Crippen LogP contribution in [0.2, 0.25) is 0 Å². The summed E-state index contributed by atoms with van der Waals surface area (Å²) in [5.74, 6) is -0.0706. The molecule has 3 rings (SSSR count). The quantitative estimate of drug-likeness (QED) is 0.769. The van der Waals surface area contributed by atoms with E-state index in [9.17, 15) is 13.2 Å². The lowest BCUT2D eigenvalue weighted by atomic mass is 10.1. The third-order valence-corrected chi connectivity index (χ3v) is 5.58. The van der Waals surface area contributed by atoms with Crippen LogP contribution < -0.4 is 15.2 Å². The average Bonchev–Trinajstić information content (AvgIpc) is 2.94. The number of nitrogens with one attached hydrogen (secondary N) is 1. The molecule has 1 aromatic rings. The highest BCUT2D eigenvalue weighted by molar-refractivity contribution is 7.89. The van der Waals surface area contributed by atoms with Gasteiger partial charge in [-0.1, -0.05) is 0 Å². The Bertz CT molecular complexity index is 767. The molecule has 2 fully saturated rings. The number of sulfonamides is 1. The summed E-state index contributed by atoms with van der Waals surface area (Å²) in [5.41, 5.74) is 0.156. The van der Waals surface area contributed by atoms with Crippen molar-refractivity contribution in [3.05, 3.63) is 23.8 Å². The molecule has 2 aliphatic rings. The number of rotatable bonds is 4. The summed E-state index contributed by atoms with van der Waals surface area (Å²) in [5, 5.41) is 8.12. The van der Waals surface area contributed by atoms with Crippen molar-refractivity contribution in [3.63, 3.8) is 0 Å². The Morgan fingerprint density at radius 2 is 2.16 bits per heavy atom. The van der Waals surface area contributed by atoms with Crippen molar-refractivity contribution < 1.29 is 22.7 Å². The summed E-state index contributed by atoms with van der Waals surface area (Å²) >= 11 is 0. The third kappa shape index (κ3) is 3.95. The van der Waals surface area contributed by atoms with Gasteiger partial charge >= 0.3 is 0 Å². The SMILES string of the molecule is COc1ccc(S(N)(=O)=O)cc1C(=O)N[C@H]1C[C@H]2CO[C@H](C)CN2C1. The molecule has 0 aromatic heterocycles. The average molecular weight is 369 g/mol. The molecule has 1 aromatic carbocycles. The van der Waals surface area contributed by atoms with Crippen LogP contribution in [-0.2, 0) is 14.8 Å². The first kappa shape index (κ1) is 18.1. The van der Waals surface area contributed by atoms with Gasteiger partial charge in [0.15, 0.2) is 0 Å². The molecular weight excluding hydrogens is 346 g/mol. The van der Waals surface area contributed by atoms with E-state index in [4.69, 9.17) is 14.6 Å². The zero-order chi connectivity index (χ0) is 18.2. The van der Waals surface area contributed by atoms with E-state index in [1.807, 2.05) is 6.92 Å². The fourth-order valence-electron chi connectivity index (χ4n) is 3.45. The summed E-state index contributed by atoms with van der Waals surface area (Å²) in [6.45, 7) is 4.30. The number of nitrogens with zero attached hydrogens (tertiary/aromatic N) is 1. The van der Waals surface area contributed by atoms with Gasteiger partial charge in [0.2, 0.25) is 10.0 Å². The summed E-state index contributed by atoms with van der Waals surface area (Å²) in [6.07, 6.45) is 0.993. The van der Waals surface area contributed by atoms with Crippen molar-refractivity contribution in [2.45, 2.75) is 36.4 Å². The van der Waals surface area contributed by atoms with Crippen LogP contribution in [0.3, 0.4) is 0 Å².